The molecule has 7 heteroatoms. The molecule has 0 aromatic carbocycles. The molecule has 0 unspecified atom stereocenters. The lowest BCUT2D eigenvalue weighted by atomic mass is 9.97. The monoisotopic (exact) mass is 263 g/mol. The van der Waals surface area contributed by atoms with E-state index in [1.165, 1.54) is 6.33 Å². The number of H-pyrrole nitrogens is 1. The molecule has 2 heterocycles. The third-order valence-corrected chi connectivity index (χ3v) is 2.53. The molecule has 0 aliphatic heterocycles. The van der Waals surface area contributed by atoms with Crippen molar-refractivity contribution in [2.75, 3.05) is 5.32 Å². The van der Waals surface area contributed by atoms with Gasteiger partial charge in [-0.2, -0.15) is 10.1 Å². The summed E-state index contributed by atoms with van der Waals surface area (Å²) in [5, 5.41) is 8.80. The quantitative estimate of drug-likeness (QED) is 0.876. The number of aromatic amines is 1. The number of carbonyl (C=O) groups excluding carboxylic acids is 1. The summed E-state index contributed by atoms with van der Waals surface area (Å²) in [6, 6.07) is 0. The Morgan fingerprint density at radius 1 is 1.47 bits per heavy atom. The number of nitrogens with zero attached hydrogens (tertiary/aromatic N) is 3. The lowest BCUT2D eigenvalue weighted by molar-refractivity contribution is -0.115. The Bertz CT molecular complexity index is 565. The van der Waals surface area contributed by atoms with Gasteiger partial charge in [0.1, 0.15) is 12.1 Å². The lowest BCUT2D eigenvalue weighted by Crippen LogP contribution is -2.15. The van der Waals surface area contributed by atoms with Gasteiger partial charge in [0.25, 0.3) is 0 Å². The number of amides is 1. The van der Waals surface area contributed by atoms with Crippen molar-refractivity contribution in [3.63, 3.8) is 0 Å². The van der Waals surface area contributed by atoms with Gasteiger partial charge in [-0.25, -0.2) is 10.1 Å². The Labute approximate surface area is 110 Å². The molecule has 2 aromatic heterocycles. The number of nitrogens with one attached hydrogen (secondary N) is 2. The van der Waals surface area contributed by atoms with E-state index < -0.39 is 0 Å². The first-order valence-corrected chi connectivity index (χ1v) is 5.98. The number of carbonyl (C=O) groups is 1. The van der Waals surface area contributed by atoms with Crippen molar-refractivity contribution in [3.05, 3.63) is 23.7 Å². The van der Waals surface area contributed by atoms with Crippen LogP contribution >= 0.6 is 0 Å². The van der Waals surface area contributed by atoms with Gasteiger partial charge in [-0.15, -0.1) is 0 Å². The van der Waals surface area contributed by atoms with Gasteiger partial charge in [0.2, 0.25) is 11.9 Å². The summed E-state index contributed by atoms with van der Waals surface area (Å²) in [7, 11) is 0. The van der Waals surface area contributed by atoms with Crippen molar-refractivity contribution in [2.24, 2.45) is 0 Å². The van der Waals surface area contributed by atoms with Crippen LogP contribution in [-0.2, 0) is 16.6 Å². The minimum Gasteiger partial charge on any atom is -0.444 e. The zero-order valence-electron chi connectivity index (χ0n) is 11.4. The zero-order valence-corrected chi connectivity index (χ0v) is 11.4. The molecule has 1 amide bonds. The summed E-state index contributed by atoms with van der Waals surface area (Å²) in [6.07, 6.45) is 1.45. The molecular formula is C12H17N5O2. The number of rotatable bonds is 3. The summed E-state index contributed by atoms with van der Waals surface area (Å²) >= 11 is 0. The van der Waals surface area contributed by atoms with E-state index in [2.05, 4.69) is 25.5 Å². The second-order valence-corrected chi connectivity index (χ2v) is 5.34. The Morgan fingerprint density at radius 3 is 2.74 bits per heavy atom. The molecule has 7 nitrogen and oxygen atoms in total. The molecule has 0 fully saturated rings. The molecule has 2 rings (SSSR count). The van der Waals surface area contributed by atoms with Gasteiger partial charge in [-0.1, -0.05) is 20.8 Å². The predicted octanol–water partition coefficient (Wildman–Crippen LogP) is 1.58. The Hall–Kier alpha value is -2.18. The fourth-order valence-electron chi connectivity index (χ4n) is 1.50. The first-order valence-electron chi connectivity index (χ1n) is 5.98. The minimum atomic E-state index is -0.226. The van der Waals surface area contributed by atoms with Gasteiger partial charge < -0.3 is 4.42 Å². The van der Waals surface area contributed by atoms with Gasteiger partial charge in [0.15, 0.2) is 5.89 Å². The maximum absolute atomic E-state index is 11.8. The molecule has 102 valence electrons. The van der Waals surface area contributed by atoms with Crippen molar-refractivity contribution in [1.29, 1.82) is 0 Å². The van der Waals surface area contributed by atoms with E-state index in [1.807, 2.05) is 27.7 Å². The largest absolute Gasteiger partial charge is 0.444 e. The molecular weight excluding hydrogens is 246 g/mol. The van der Waals surface area contributed by atoms with Crippen LogP contribution in [0.4, 0.5) is 5.95 Å². The van der Waals surface area contributed by atoms with Crippen LogP contribution in [0, 0.1) is 6.92 Å². The van der Waals surface area contributed by atoms with Crippen LogP contribution in [0.2, 0.25) is 0 Å². The highest BCUT2D eigenvalue weighted by Gasteiger charge is 2.23. The molecule has 0 bridgehead atoms. The van der Waals surface area contributed by atoms with Crippen LogP contribution in [-0.4, -0.2) is 26.1 Å². The highest BCUT2D eigenvalue weighted by Crippen LogP contribution is 2.24. The van der Waals surface area contributed by atoms with Crippen LogP contribution in [0.15, 0.2) is 10.7 Å². The predicted molar refractivity (Wildman–Crippen MR) is 68.7 cm³/mol. The summed E-state index contributed by atoms with van der Waals surface area (Å²) in [5.74, 6) is 1.30. The van der Waals surface area contributed by atoms with Crippen molar-refractivity contribution in [3.8, 4) is 0 Å². The maximum atomic E-state index is 11.8. The number of aromatic nitrogens is 4. The van der Waals surface area contributed by atoms with Gasteiger partial charge in [0.05, 0.1) is 12.1 Å². The highest BCUT2D eigenvalue weighted by molar-refractivity contribution is 5.90. The number of anilines is 1. The number of hydrogen-bond donors (Lipinski definition) is 2. The number of hydrogen-bond acceptors (Lipinski definition) is 5. The second-order valence-electron chi connectivity index (χ2n) is 5.34. The Morgan fingerprint density at radius 2 is 2.21 bits per heavy atom. The molecule has 2 N–H and O–H groups in total. The van der Waals surface area contributed by atoms with E-state index in [0.717, 1.165) is 5.69 Å². The molecule has 0 aliphatic carbocycles. The van der Waals surface area contributed by atoms with Crippen molar-refractivity contribution >= 4 is 11.9 Å². The maximum Gasteiger partial charge on any atom is 0.234 e. The smallest absolute Gasteiger partial charge is 0.234 e. The molecule has 0 spiro atoms. The van der Waals surface area contributed by atoms with Gasteiger partial charge >= 0.3 is 0 Å². The molecule has 0 atom stereocenters. The zero-order chi connectivity index (χ0) is 14.0. The van der Waals surface area contributed by atoms with Gasteiger partial charge in [-0.05, 0) is 6.92 Å². The summed E-state index contributed by atoms with van der Waals surface area (Å²) in [5.41, 5.74) is 0.558. The highest BCUT2D eigenvalue weighted by atomic mass is 16.4. The van der Waals surface area contributed by atoms with Crippen molar-refractivity contribution < 1.29 is 9.21 Å². The Kier molecular flexibility index (Phi) is 3.37. The van der Waals surface area contributed by atoms with E-state index in [1.54, 1.807) is 0 Å². The SMILES string of the molecule is Cc1nc(C(C)(C)C)oc1CC(=O)Nc1ncn[nH]1. The van der Waals surface area contributed by atoms with Crippen molar-refractivity contribution in [1.82, 2.24) is 20.2 Å². The molecule has 19 heavy (non-hydrogen) atoms. The average Bonchev–Trinajstić information content (AvgIpc) is 2.88. The van der Waals surface area contributed by atoms with Gasteiger partial charge in [0, 0.05) is 5.41 Å². The van der Waals surface area contributed by atoms with E-state index in [0.29, 0.717) is 17.6 Å². The molecule has 0 radical (unpaired) electrons. The topological polar surface area (TPSA) is 96.7 Å². The summed E-state index contributed by atoms with van der Waals surface area (Å²) < 4.78 is 5.65. The molecule has 0 saturated heterocycles. The summed E-state index contributed by atoms with van der Waals surface area (Å²) in [4.78, 5) is 20.0. The second kappa shape index (κ2) is 4.83. The van der Waals surface area contributed by atoms with Crippen LogP contribution in [0.5, 0.6) is 0 Å². The number of oxazole rings is 1. The normalized spacial score (nSPS) is 11.6. The van der Waals surface area contributed by atoms with E-state index in [4.69, 9.17) is 4.42 Å². The van der Waals surface area contributed by atoms with Crippen molar-refractivity contribution in [2.45, 2.75) is 39.5 Å². The third kappa shape index (κ3) is 3.18. The van der Waals surface area contributed by atoms with E-state index in [9.17, 15) is 4.79 Å². The number of aryl methyl sites for hydroxylation is 1. The fourth-order valence-corrected chi connectivity index (χ4v) is 1.50. The van der Waals surface area contributed by atoms with Crippen LogP contribution < -0.4 is 5.32 Å². The third-order valence-electron chi connectivity index (χ3n) is 2.53. The lowest BCUT2D eigenvalue weighted by Gasteiger charge is -2.12. The van der Waals surface area contributed by atoms with E-state index in [-0.39, 0.29) is 17.7 Å². The fraction of sp³-hybridized carbons (Fsp3) is 0.500. The first kappa shape index (κ1) is 13.3. The molecule has 0 saturated carbocycles. The summed E-state index contributed by atoms with van der Waals surface area (Å²) in [6.45, 7) is 7.86. The standard InChI is InChI=1S/C12H17N5O2/c1-7-8(19-10(15-7)12(2,3)4)5-9(18)16-11-13-6-14-17-11/h6H,5H2,1-4H3,(H2,13,14,16,17,18). The Balaban J connectivity index is 2.07. The first-order chi connectivity index (χ1) is 8.86. The van der Waals surface area contributed by atoms with Crippen LogP contribution in [0.3, 0.4) is 0 Å². The van der Waals surface area contributed by atoms with Crippen LogP contribution in [0.25, 0.3) is 0 Å². The van der Waals surface area contributed by atoms with Crippen LogP contribution in [0.1, 0.15) is 38.1 Å². The molecule has 2 aromatic rings. The van der Waals surface area contributed by atoms with E-state index >= 15 is 0 Å². The minimum absolute atomic E-state index is 0.121. The average molecular weight is 263 g/mol. The molecule has 0 aliphatic rings. The van der Waals surface area contributed by atoms with Gasteiger partial charge in [-0.3, -0.25) is 10.1 Å².